The zero-order valence-corrected chi connectivity index (χ0v) is 23.0. The molecule has 2 N–H and O–H groups in total. The first kappa shape index (κ1) is 28.5. The van der Waals surface area contributed by atoms with Crippen molar-refractivity contribution in [1.82, 2.24) is 5.32 Å². The second-order valence-electron chi connectivity index (χ2n) is 9.98. The van der Waals surface area contributed by atoms with E-state index in [1.807, 2.05) is 30.3 Å². The van der Waals surface area contributed by atoms with E-state index in [0.29, 0.717) is 22.9 Å². The first-order chi connectivity index (χ1) is 16.9. The molecule has 1 heterocycles. The van der Waals surface area contributed by atoms with Gasteiger partial charge < -0.3 is 10.4 Å². The third-order valence-corrected chi connectivity index (χ3v) is 10.3. The molecule has 6 nitrogen and oxygen atoms in total. The second-order valence-corrected chi connectivity index (χ2v) is 13.5. The number of piperidine rings is 1. The van der Waals surface area contributed by atoms with Gasteiger partial charge >= 0.3 is 5.97 Å². The lowest BCUT2D eigenvalue weighted by Gasteiger charge is -2.46. The van der Waals surface area contributed by atoms with Crippen molar-refractivity contribution in [2.24, 2.45) is 11.3 Å². The van der Waals surface area contributed by atoms with Crippen molar-refractivity contribution in [3.63, 3.8) is 0 Å². The molecule has 0 saturated carbocycles. The zero-order chi connectivity index (χ0) is 26.7. The van der Waals surface area contributed by atoms with Crippen LogP contribution < -0.4 is 5.32 Å². The van der Waals surface area contributed by atoms with Crippen LogP contribution >= 0.6 is 23.2 Å². The maximum Gasteiger partial charge on any atom is 0.304 e. The first-order valence-corrected chi connectivity index (χ1v) is 14.6. The van der Waals surface area contributed by atoms with Gasteiger partial charge in [-0.05, 0) is 67.5 Å². The summed E-state index contributed by atoms with van der Waals surface area (Å²) in [4.78, 5) is 24.9. The Hall–Kier alpha value is -2.09. The molecule has 9 heteroatoms. The fourth-order valence-electron chi connectivity index (χ4n) is 5.31. The molecule has 0 unspecified atom stereocenters. The van der Waals surface area contributed by atoms with Crippen molar-refractivity contribution >= 4 is 44.9 Å². The number of aliphatic carboxylic acids is 1. The molecule has 2 aromatic rings. The number of hydrogen-bond donors (Lipinski definition) is 2. The third-order valence-electron chi connectivity index (χ3n) is 7.48. The minimum atomic E-state index is -3.43. The molecule has 0 aromatic heterocycles. The van der Waals surface area contributed by atoms with Crippen LogP contribution in [0.2, 0.25) is 10.0 Å². The van der Waals surface area contributed by atoms with E-state index >= 15 is 0 Å². The molecular formula is C27H33Cl2NO5S. The Kier molecular flexibility index (Phi) is 9.12. The summed E-state index contributed by atoms with van der Waals surface area (Å²) < 4.78 is 26.1. The van der Waals surface area contributed by atoms with Crippen LogP contribution in [0.15, 0.2) is 48.5 Å². The van der Waals surface area contributed by atoms with Crippen molar-refractivity contribution in [3.8, 4) is 0 Å². The summed E-state index contributed by atoms with van der Waals surface area (Å²) in [5.41, 5.74) is 0.729. The summed E-state index contributed by atoms with van der Waals surface area (Å²) in [5.74, 6) is -2.16. The molecule has 36 heavy (non-hydrogen) atoms. The summed E-state index contributed by atoms with van der Waals surface area (Å²) in [6.07, 6.45) is 1.07. The van der Waals surface area contributed by atoms with Gasteiger partial charge in [0.15, 0.2) is 9.84 Å². The van der Waals surface area contributed by atoms with E-state index < -0.39 is 38.4 Å². The van der Waals surface area contributed by atoms with Crippen LogP contribution in [0.5, 0.6) is 0 Å². The molecule has 196 valence electrons. The Morgan fingerprint density at radius 1 is 1.17 bits per heavy atom. The SMILES string of the molecule is CCS(=O)(=O)[C@@H](C)[C@@H](CCc1ccc(Cl)cc1)[C@H]1NC(=O)[C@](C)(CC(=O)O)C[C@@H]1c1cccc(Cl)c1. The lowest BCUT2D eigenvalue weighted by atomic mass is 9.66. The molecule has 5 atom stereocenters. The highest BCUT2D eigenvalue weighted by atomic mass is 35.5. The number of nitrogens with one attached hydrogen (secondary N) is 1. The standard InChI is InChI=1S/C27H33Cl2NO5S/c1-4-36(34,35)17(2)22(13-10-18-8-11-20(28)12-9-18)25-23(19-6-5-7-21(29)14-19)15-27(3,16-24(31)32)26(33)30-25/h5-9,11-12,14,17,22-23,25H,4,10,13,15-16H2,1-3H3,(H,30,33)(H,31,32)/t17-,22+,23+,25+,27-/m0/s1. The molecule has 3 rings (SSSR count). The molecular weight excluding hydrogens is 521 g/mol. The van der Waals surface area contributed by atoms with Gasteiger partial charge in [0.25, 0.3) is 0 Å². The Morgan fingerprint density at radius 3 is 2.42 bits per heavy atom. The van der Waals surface area contributed by atoms with Crippen LogP contribution in [-0.2, 0) is 25.8 Å². The Labute approximate surface area is 223 Å². The Balaban J connectivity index is 2.05. The molecule has 1 aliphatic heterocycles. The molecule has 1 amide bonds. The predicted molar refractivity (Wildman–Crippen MR) is 143 cm³/mol. The number of carboxylic acids is 1. The van der Waals surface area contributed by atoms with E-state index in [0.717, 1.165) is 11.1 Å². The highest BCUT2D eigenvalue weighted by Gasteiger charge is 2.49. The van der Waals surface area contributed by atoms with Crippen molar-refractivity contribution in [1.29, 1.82) is 0 Å². The molecule has 0 bridgehead atoms. The molecule has 0 spiro atoms. The molecule has 1 saturated heterocycles. The third kappa shape index (κ3) is 6.61. The van der Waals surface area contributed by atoms with E-state index in [1.54, 1.807) is 39.0 Å². The Bertz CT molecular complexity index is 1200. The van der Waals surface area contributed by atoms with Gasteiger partial charge in [-0.2, -0.15) is 0 Å². The quantitative estimate of drug-likeness (QED) is 0.403. The summed E-state index contributed by atoms with van der Waals surface area (Å²) in [7, 11) is -3.43. The van der Waals surface area contributed by atoms with Crippen LogP contribution in [0.1, 0.15) is 57.1 Å². The van der Waals surface area contributed by atoms with Crippen LogP contribution in [0.4, 0.5) is 0 Å². The average molecular weight is 555 g/mol. The molecule has 0 aliphatic carbocycles. The van der Waals surface area contributed by atoms with Crippen LogP contribution in [0, 0.1) is 11.3 Å². The first-order valence-electron chi connectivity index (χ1n) is 12.1. The van der Waals surface area contributed by atoms with Crippen molar-refractivity contribution in [3.05, 3.63) is 69.7 Å². The molecule has 0 radical (unpaired) electrons. The lowest BCUT2D eigenvalue weighted by Crippen LogP contribution is -2.58. The monoisotopic (exact) mass is 553 g/mol. The Morgan fingerprint density at radius 2 is 1.83 bits per heavy atom. The van der Waals surface area contributed by atoms with Gasteiger partial charge in [0.05, 0.1) is 17.1 Å². The largest absolute Gasteiger partial charge is 0.481 e. The fraction of sp³-hybridized carbons (Fsp3) is 0.481. The van der Waals surface area contributed by atoms with E-state index in [1.165, 1.54) is 0 Å². The van der Waals surface area contributed by atoms with Crippen molar-refractivity contribution in [2.75, 3.05) is 5.75 Å². The lowest BCUT2D eigenvalue weighted by molar-refractivity contribution is -0.147. The number of halogens is 2. The van der Waals surface area contributed by atoms with Gasteiger partial charge in [0.2, 0.25) is 5.91 Å². The number of amides is 1. The van der Waals surface area contributed by atoms with E-state index in [9.17, 15) is 23.1 Å². The summed E-state index contributed by atoms with van der Waals surface area (Å²) in [6, 6.07) is 14.2. The van der Waals surface area contributed by atoms with Crippen molar-refractivity contribution < 1.29 is 23.1 Å². The highest BCUT2D eigenvalue weighted by Crippen LogP contribution is 2.45. The fourth-order valence-corrected chi connectivity index (χ4v) is 6.99. The summed E-state index contributed by atoms with van der Waals surface area (Å²) >= 11 is 12.3. The maximum atomic E-state index is 13.3. The van der Waals surface area contributed by atoms with Crippen molar-refractivity contribution in [2.45, 2.75) is 63.7 Å². The normalized spacial score (nSPS) is 24.1. The molecule has 2 aromatic carbocycles. The van der Waals surface area contributed by atoms with Crippen LogP contribution in [0.25, 0.3) is 0 Å². The number of sulfone groups is 1. The minimum Gasteiger partial charge on any atom is -0.481 e. The second kappa shape index (κ2) is 11.5. The number of carbonyl (C=O) groups is 2. The molecule has 1 aliphatic rings. The maximum absolute atomic E-state index is 13.3. The summed E-state index contributed by atoms with van der Waals surface area (Å²) in [6.45, 7) is 4.98. The van der Waals surface area contributed by atoms with Crippen LogP contribution in [-0.4, -0.2) is 42.4 Å². The van der Waals surface area contributed by atoms with Gasteiger partial charge in [-0.15, -0.1) is 0 Å². The van der Waals surface area contributed by atoms with Gasteiger partial charge in [-0.25, -0.2) is 8.42 Å². The topological polar surface area (TPSA) is 101 Å². The average Bonchev–Trinajstić information content (AvgIpc) is 2.81. The number of benzene rings is 2. The van der Waals surface area contributed by atoms with Gasteiger partial charge in [0.1, 0.15) is 0 Å². The van der Waals surface area contributed by atoms with E-state index in [4.69, 9.17) is 23.2 Å². The minimum absolute atomic E-state index is 0.00909. The molecule has 1 fully saturated rings. The number of rotatable bonds is 10. The zero-order valence-electron chi connectivity index (χ0n) is 20.7. The number of aryl methyl sites for hydroxylation is 1. The summed E-state index contributed by atoms with van der Waals surface area (Å²) in [5, 5.41) is 13.0. The van der Waals surface area contributed by atoms with E-state index in [-0.39, 0.29) is 30.4 Å². The van der Waals surface area contributed by atoms with Gasteiger partial charge in [-0.3, -0.25) is 9.59 Å². The highest BCUT2D eigenvalue weighted by molar-refractivity contribution is 7.91. The smallest absolute Gasteiger partial charge is 0.304 e. The predicted octanol–water partition coefficient (Wildman–Crippen LogP) is 5.52. The number of hydrogen-bond acceptors (Lipinski definition) is 4. The van der Waals surface area contributed by atoms with Gasteiger partial charge in [0, 0.05) is 27.8 Å². The number of carboxylic acid groups (broad SMARTS) is 1. The van der Waals surface area contributed by atoms with Gasteiger partial charge in [-0.1, -0.05) is 61.3 Å². The van der Waals surface area contributed by atoms with E-state index in [2.05, 4.69) is 5.32 Å². The van der Waals surface area contributed by atoms with Crippen LogP contribution in [0.3, 0.4) is 0 Å². The number of carbonyl (C=O) groups excluding carboxylic acids is 1.